The monoisotopic (exact) mass is 348 g/mol. The van der Waals surface area contributed by atoms with Crippen LogP contribution in [0.1, 0.15) is 0 Å². The van der Waals surface area contributed by atoms with E-state index in [1.165, 1.54) is 5.56 Å². The molecule has 4 aromatic rings. The van der Waals surface area contributed by atoms with Crippen molar-refractivity contribution >= 4 is 26.9 Å². The van der Waals surface area contributed by atoms with Crippen molar-refractivity contribution in [3.63, 3.8) is 0 Å². The molecule has 0 saturated heterocycles. The molecule has 0 unspecified atom stereocenters. The summed E-state index contributed by atoms with van der Waals surface area (Å²) in [5.74, 6) is 0.911. The minimum absolute atomic E-state index is 0.889. The van der Waals surface area contributed by atoms with Crippen molar-refractivity contribution < 1.29 is 4.42 Å². The van der Waals surface area contributed by atoms with Gasteiger partial charge in [-0.1, -0.05) is 72.8 Å². The maximum absolute atomic E-state index is 6.22. The molecule has 0 bridgehead atoms. The molecule has 0 radical (unpaired) electrons. The Morgan fingerprint density at radius 2 is 1.27 bits per heavy atom. The number of fused-ring (bicyclic) bond motifs is 1. The fraction of sp³-hybridized carbons (Fsp3) is 0. The summed E-state index contributed by atoms with van der Waals surface area (Å²) in [5, 5.41) is 1.12. The van der Waals surface area contributed by atoms with Gasteiger partial charge < -0.3 is 4.42 Å². The second-order valence-corrected chi connectivity index (χ2v) is 6.01. The molecule has 0 saturated carbocycles. The van der Waals surface area contributed by atoms with Crippen LogP contribution in [-0.4, -0.2) is 0 Å². The molecule has 1 heterocycles. The van der Waals surface area contributed by atoms with Crippen molar-refractivity contribution in [2.45, 2.75) is 0 Å². The van der Waals surface area contributed by atoms with Gasteiger partial charge in [0.15, 0.2) is 0 Å². The molecule has 0 spiro atoms. The van der Waals surface area contributed by atoms with Gasteiger partial charge in [-0.3, -0.25) is 0 Å². The van der Waals surface area contributed by atoms with Gasteiger partial charge in [0.2, 0.25) is 0 Å². The highest BCUT2D eigenvalue weighted by molar-refractivity contribution is 9.10. The van der Waals surface area contributed by atoms with E-state index >= 15 is 0 Å². The molecule has 22 heavy (non-hydrogen) atoms. The fourth-order valence-corrected chi connectivity index (χ4v) is 3.22. The fourth-order valence-electron chi connectivity index (χ4n) is 2.77. The molecule has 4 rings (SSSR count). The Balaban J connectivity index is 2.10. The molecule has 0 amide bonds. The summed E-state index contributed by atoms with van der Waals surface area (Å²) < 4.78 is 7.20. The molecule has 2 heteroatoms. The van der Waals surface area contributed by atoms with Gasteiger partial charge in [-0.15, -0.1) is 0 Å². The molecule has 1 nitrogen and oxygen atoms in total. The molecule has 0 aliphatic rings. The molecule has 0 aliphatic heterocycles. The predicted octanol–water partition coefficient (Wildman–Crippen LogP) is 6.53. The van der Waals surface area contributed by atoms with E-state index in [1.54, 1.807) is 0 Å². The van der Waals surface area contributed by atoms with Gasteiger partial charge >= 0.3 is 0 Å². The summed E-state index contributed by atoms with van der Waals surface area (Å²) in [7, 11) is 0. The van der Waals surface area contributed by atoms with Crippen LogP contribution in [0.5, 0.6) is 0 Å². The number of rotatable bonds is 2. The summed E-state index contributed by atoms with van der Waals surface area (Å²) >= 11 is 3.60. The topological polar surface area (TPSA) is 13.1 Å². The first-order chi connectivity index (χ1) is 10.8. The van der Waals surface area contributed by atoms with Crippen LogP contribution >= 0.6 is 15.9 Å². The van der Waals surface area contributed by atoms with E-state index in [0.717, 1.165) is 32.3 Å². The van der Waals surface area contributed by atoms with Crippen LogP contribution in [0.25, 0.3) is 33.4 Å². The van der Waals surface area contributed by atoms with Crippen LogP contribution in [0.3, 0.4) is 0 Å². The Morgan fingerprint density at radius 1 is 0.636 bits per heavy atom. The minimum atomic E-state index is 0.889. The second-order valence-electron chi connectivity index (χ2n) is 5.15. The Hall–Kier alpha value is -2.32. The van der Waals surface area contributed by atoms with E-state index in [2.05, 4.69) is 58.4 Å². The van der Waals surface area contributed by atoms with Crippen LogP contribution in [0.15, 0.2) is 87.8 Å². The van der Waals surface area contributed by atoms with Crippen molar-refractivity contribution in [2.75, 3.05) is 0 Å². The molecule has 3 aromatic carbocycles. The molecule has 0 atom stereocenters. The molecule has 0 fully saturated rings. The minimum Gasteiger partial charge on any atom is -0.454 e. The average molecular weight is 349 g/mol. The van der Waals surface area contributed by atoms with Gasteiger partial charge in [0.1, 0.15) is 11.3 Å². The second kappa shape index (κ2) is 5.47. The number of benzene rings is 3. The van der Waals surface area contributed by atoms with Crippen molar-refractivity contribution in [3.05, 3.63) is 83.3 Å². The van der Waals surface area contributed by atoms with Crippen LogP contribution in [-0.2, 0) is 0 Å². The summed E-state index contributed by atoms with van der Waals surface area (Å²) in [5.41, 5.74) is 4.28. The molecule has 1 aromatic heterocycles. The summed E-state index contributed by atoms with van der Waals surface area (Å²) in [6.45, 7) is 0. The highest BCUT2D eigenvalue weighted by Gasteiger charge is 2.18. The third kappa shape index (κ3) is 2.16. The zero-order valence-corrected chi connectivity index (χ0v) is 13.4. The lowest BCUT2D eigenvalue weighted by Gasteiger charge is -2.03. The maximum Gasteiger partial charge on any atom is 0.149 e. The summed E-state index contributed by atoms with van der Waals surface area (Å²) in [6, 6.07) is 26.8. The Morgan fingerprint density at radius 3 is 1.95 bits per heavy atom. The smallest absolute Gasteiger partial charge is 0.149 e. The lowest BCUT2D eigenvalue weighted by molar-refractivity contribution is 0.630. The van der Waals surface area contributed by atoms with Crippen molar-refractivity contribution in [2.24, 2.45) is 0 Å². The number of halogens is 1. The normalized spacial score (nSPS) is 11.0. The Bertz CT molecular complexity index is 924. The first kappa shape index (κ1) is 13.4. The third-order valence-electron chi connectivity index (χ3n) is 3.77. The SMILES string of the molecule is Brc1cccc2c(-c3ccccc3)c(-c3ccccc3)oc12. The van der Waals surface area contributed by atoms with E-state index in [1.807, 2.05) is 36.4 Å². The van der Waals surface area contributed by atoms with E-state index in [-0.39, 0.29) is 0 Å². The first-order valence-corrected chi connectivity index (χ1v) is 7.96. The van der Waals surface area contributed by atoms with Crippen molar-refractivity contribution in [1.82, 2.24) is 0 Å². The largest absolute Gasteiger partial charge is 0.454 e. The quantitative estimate of drug-likeness (QED) is 0.401. The van der Waals surface area contributed by atoms with Crippen molar-refractivity contribution in [3.8, 4) is 22.5 Å². The third-order valence-corrected chi connectivity index (χ3v) is 4.39. The predicted molar refractivity (Wildman–Crippen MR) is 94.8 cm³/mol. The molecule has 106 valence electrons. The van der Waals surface area contributed by atoms with Gasteiger partial charge in [-0.05, 0) is 27.6 Å². The highest BCUT2D eigenvalue weighted by atomic mass is 79.9. The lowest BCUT2D eigenvalue weighted by Crippen LogP contribution is -1.80. The van der Waals surface area contributed by atoms with Gasteiger partial charge in [0, 0.05) is 16.5 Å². The van der Waals surface area contributed by atoms with Gasteiger partial charge in [-0.25, -0.2) is 0 Å². The molecule has 0 N–H and O–H groups in total. The Kier molecular flexibility index (Phi) is 3.32. The zero-order valence-electron chi connectivity index (χ0n) is 11.8. The number of hydrogen-bond donors (Lipinski definition) is 0. The van der Waals surface area contributed by atoms with Crippen LogP contribution in [0.2, 0.25) is 0 Å². The maximum atomic E-state index is 6.22. The number of para-hydroxylation sites is 1. The highest BCUT2D eigenvalue weighted by Crippen LogP contribution is 2.42. The average Bonchev–Trinajstić information content (AvgIpc) is 2.97. The lowest BCUT2D eigenvalue weighted by atomic mass is 9.99. The molecular formula is C20H13BrO. The van der Waals surface area contributed by atoms with Crippen LogP contribution < -0.4 is 0 Å². The number of furan rings is 1. The standard InChI is InChI=1S/C20H13BrO/c21-17-13-7-12-16-18(14-8-3-1-4-9-14)19(22-20(16)17)15-10-5-2-6-11-15/h1-13H. The Labute approximate surface area is 137 Å². The zero-order chi connectivity index (χ0) is 14.9. The molecule has 0 aliphatic carbocycles. The number of hydrogen-bond acceptors (Lipinski definition) is 1. The van der Waals surface area contributed by atoms with Crippen LogP contribution in [0.4, 0.5) is 0 Å². The van der Waals surface area contributed by atoms with E-state index in [9.17, 15) is 0 Å². The van der Waals surface area contributed by atoms with Crippen molar-refractivity contribution in [1.29, 1.82) is 0 Å². The van der Waals surface area contributed by atoms with Gasteiger partial charge in [-0.2, -0.15) is 0 Å². The summed E-state index contributed by atoms with van der Waals surface area (Å²) in [6.07, 6.45) is 0. The summed E-state index contributed by atoms with van der Waals surface area (Å²) in [4.78, 5) is 0. The van der Waals surface area contributed by atoms with E-state index < -0.39 is 0 Å². The molecular weight excluding hydrogens is 336 g/mol. The van der Waals surface area contributed by atoms with Crippen LogP contribution in [0, 0.1) is 0 Å². The van der Waals surface area contributed by atoms with E-state index in [0.29, 0.717) is 0 Å². The van der Waals surface area contributed by atoms with E-state index in [4.69, 9.17) is 4.42 Å². The first-order valence-electron chi connectivity index (χ1n) is 7.16. The van der Waals surface area contributed by atoms with Gasteiger partial charge in [0.25, 0.3) is 0 Å². The van der Waals surface area contributed by atoms with Gasteiger partial charge in [0.05, 0.1) is 4.47 Å².